The van der Waals surface area contributed by atoms with Crippen LogP contribution in [0, 0.1) is 10.8 Å². The second-order valence-electron chi connectivity index (χ2n) is 9.21. The standard InChI is InChI=1S/C20H44O2Si/c1-13-17(5,6)19(9,10)23(21-15-3,22-16-4)20(11,12)18(7,8)14-2/h13-16H2,1-12H3. The van der Waals surface area contributed by atoms with E-state index >= 15 is 0 Å². The highest BCUT2D eigenvalue weighted by atomic mass is 28.4. The predicted molar refractivity (Wildman–Crippen MR) is 105 cm³/mol. The molecule has 0 unspecified atom stereocenters. The van der Waals surface area contributed by atoms with Gasteiger partial charge in [-0.25, -0.2) is 0 Å². The summed E-state index contributed by atoms with van der Waals surface area (Å²) in [6.07, 6.45) is 2.25. The molecule has 0 N–H and O–H groups in total. The summed E-state index contributed by atoms with van der Waals surface area (Å²) in [5.74, 6) is 0. The number of hydrogen-bond donors (Lipinski definition) is 0. The van der Waals surface area contributed by atoms with Crippen LogP contribution in [0.15, 0.2) is 0 Å². The van der Waals surface area contributed by atoms with Crippen LogP contribution < -0.4 is 0 Å². The van der Waals surface area contributed by atoms with Crippen molar-refractivity contribution in [3.05, 3.63) is 0 Å². The maximum absolute atomic E-state index is 6.69. The van der Waals surface area contributed by atoms with Crippen molar-refractivity contribution in [2.45, 2.75) is 106 Å². The molecule has 0 rings (SSSR count). The third-order valence-corrected chi connectivity index (χ3v) is 13.5. The minimum Gasteiger partial charge on any atom is -0.394 e. The molecule has 0 radical (unpaired) electrons. The fourth-order valence-corrected chi connectivity index (χ4v) is 9.76. The molecule has 140 valence electrons. The predicted octanol–water partition coefficient (Wildman–Crippen LogP) is 6.93. The highest BCUT2D eigenvalue weighted by Gasteiger charge is 2.68. The van der Waals surface area contributed by atoms with Crippen LogP contribution >= 0.6 is 0 Å². The lowest BCUT2D eigenvalue weighted by Crippen LogP contribution is -2.66. The summed E-state index contributed by atoms with van der Waals surface area (Å²) in [5, 5.41) is -0.00653. The Hall–Kier alpha value is 0.137. The normalized spacial score (nSPS) is 15.1. The molecular formula is C20H44O2Si. The first kappa shape index (κ1) is 23.1. The molecule has 0 aromatic carbocycles. The first-order valence-electron chi connectivity index (χ1n) is 9.52. The molecule has 2 nitrogen and oxygen atoms in total. The maximum atomic E-state index is 6.69. The molecule has 0 aliphatic rings. The Morgan fingerprint density at radius 2 is 0.826 bits per heavy atom. The van der Waals surface area contributed by atoms with E-state index in [4.69, 9.17) is 8.85 Å². The van der Waals surface area contributed by atoms with Gasteiger partial charge in [-0.05, 0) is 24.7 Å². The van der Waals surface area contributed by atoms with Crippen molar-refractivity contribution in [2.24, 2.45) is 10.8 Å². The summed E-state index contributed by atoms with van der Waals surface area (Å²) in [6, 6.07) is 0. The Morgan fingerprint density at radius 1 is 0.565 bits per heavy atom. The summed E-state index contributed by atoms with van der Waals surface area (Å²) < 4.78 is 13.4. The van der Waals surface area contributed by atoms with E-state index in [1.807, 2.05) is 0 Å². The van der Waals surface area contributed by atoms with Gasteiger partial charge in [-0.2, -0.15) is 0 Å². The van der Waals surface area contributed by atoms with Gasteiger partial charge in [-0.3, -0.25) is 0 Å². The zero-order chi connectivity index (χ0) is 18.7. The second kappa shape index (κ2) is 7.57. The van der Waals surface area contributed by atoms with Crippen molar-refractivity contribution in [1.29, 1.82) is 0 Å². The molecule has 0 bridgehead atoms. The first-order valence-corrected chi connectivity index (χ1v) is 11.3. The molecule has 0 aliphatic carbocycles. The largest absolute Gasteiger partial charge is 0.394 e. The van der Waals surface area contributed by atoms with Crippen LogP contribution in [0.25, 0.3) is 0 Å². The molecule has 0 aromatic rings. The lowest BCUT2D eigenvalue weighted by Gasteiger charge is -2.61. The highest BCUT2D eigenvalue weighted by molar-refractivity contribution is 6.74. The average molecular weight is 345 g/mol. The van der Waals surface area contributed by atoms with Crippen LogP contribution in [0.3, 0.4) is 0 Å². The molecule has 23 heavy (non-hydrogen) atoms. The van der Waals surface area contributed by atoms with Gasteiger partial charge in [0, 0.05) is 23.3 Å². The van der Waals surface area contributed by atoms with Crippen molar-refractivity contribution in [1.82, 2.24) is 0 Å². The number of hydrogen-bond acceptors (Lipinski definition) is 2. The van der Waals surface area contributed by atoms with Crippen molar-refractivity contribution in [3.8, 4) is 0 Å². The fraction of sp³-hybridized carbons (Fsp3) is 1.00. The zero-order valence-corrected chi connectivity index (χ0v) is 19.1. The van der Waals surface area contributed by atoms with Gasteiger partial charge in [0.25, 0.3) is 0 Å². The molecule has 0 aromatic heterocycles. The maximum Gasteiger partial charge on any atom is 0.350 e. The third-order valence-electron chi connectivity index (χ3n) is 7.49. The minimum atomic E-state index is -2.56. The Balaban J connectivity index is 6.55. The van der Waals surface area contributed by atoms with Crippen molar-refractivity contribution in [3.63, 3.8) is 0 Å². The third kappa shape index (κ3) is 3.57. The topological polar surface area (TPSA) is 18.5 Å². The van der Waals surface area contributed by atoms with Gasteiger partial charge in [0.1, 0.15) is 0 Å². The number of rotatable bonds is 10. The average Bonchev–Trinajstić information content (AvgIpc) is 2.45. The van der Waals surface area contributed by atoms with E-state index in [0.29, 0.717) is 0 Å². The van der Waals surface area contributed by atoms with Crippen molar-refractivity contribution >= 4 is 8.56 Å². The Kier molecular flexibility index (Phi) is 7.62. The van der Waals surface area contributed by atoms with E-state index in [-0.39, 0.29) is 20.9 Å². The molecule has 0 aliphatic heterocycles. The van der Waals surface area contributed by atoms with Gasteiger partial charge >= 0.3 is 8.56 Å². The van der Waals surface area contributed by atoms with Gasteiger partial charge in [-0.1, -0.05) is 82.1 Å². The lowest BCUT2D eigenvalue weighted by molar-refractivity contribution is 0.0613. The van der Waals surface area contributed by atoms with Gasteiger partial charge in [0.2, 0.25) is 0 Å². The van der Waals surface area contributed by atoms with Crippen molar-refractivity contribution < 1.29 is 8.85 Å². The van der Waals surface area contributed by atoms with E-state index in [2.05, 4.69) is 83.1 Å². The molecule has 0 saturated carbocycles. The molecule has 0 amide bonds. The summed E-state index contributed by atoms with van der Waals surface area (Å²) >= 11 is 0. The van der Waals surface area contributed by atoms with Crippen molar-refractivity contribution in [2.75, 3.05) is 13.2 Å². The fourth-order valence-electron chi connectivity index (χ4n) is 3.73. The van der Waals surface area contributed by atoms with E-state index in [1.54, 1.807) is 0 Å². The Bertz CT molecular complexity index is 334. The van der Waals surface area contributed by atoms with Gasteiger partial charge in [0.05, 0.1) is 0 Å². The summed E-state index contributed by atoms with van der Waals surface area (Å²) in [5.41, 5.74) is 0.315. The highest BCUT2D eigenvalue weighted by Crippen LogP contribution is 2.67. The van der Waals surface area contributed by atoms with E-state index in [9.17, 15) is 0 Å². The molecule has 0 fully saturated rings. The Labute approximate surface area is 148 Å². The van der Waals surface area contributed by atoms with Crippen LogP contribution in [0.1, 0.15) is 95.9 Å². The van der Waals surface area contributed by atoms with Crippen LogP contribution in [-0.4, -0.2) is 21.8 Å². The summed E-state index contributed by atoms with van der Waals surface area (Å²) in [7, 11) is -2.56. The summed E-state index contributed by atoms with van der Waals surface area (Å²) in [6.45, 7) is 29.3. The summed E-state index contributed by atoms with van der Waals surface area (Å²) in [4.78, 5) is 0. The van der Waals surface area contributed by atoms with Crippen LogP contribution in [0.5, 0.6) is 0 Å². The van der Waals surface area contributed by atoms with Crippen LogP contribution in [0.4, 0.5) is 0 Å². The molecule has 0 atom stereocenters. The quantitative estimate of drug-likeness (QED) is 0.400. The van der Waals surface area contributed by atoms with E-state index in [1.165, 1.54) is 0 Å². The molecule has 3 heteroatoms. The monoisotopic (exact) mass is 344 g/mol. The van der Waals surface area contributed by atoms with Crippen LogP contribution in [0.2, 0.25) is 10.1 Å². The van der Waals surface area contributed by atoms with Gasteiger partial charge in [-0.15, -0.1) is 0 Å². The zero-order valence-electron chi connectivity index (χ0n) is 18.1. The molecule has 0 spiro atoms. The molecular weight excluding hydrogens is 300 g/mol. The van der Waals surface area contributed by atoms with Gasteiger partial charge in [0.15, 0.2) is 0 Å². The van der Waals surface area contributed by atoms with E-state index in [0.717, 1.165) is 26.1 Å². The van der Waals surface area contributed by atoms with Crippen LogP contribution in [-0.2, 0) is 8.85 Å². The van der Waals surface area contributed by atoms with E-state index < -0.39 is 8.56 Å². The lowest BCUT2D eigenvalue weighted by atomic mass is 9.77. The SMILES string of the molecule is CCO[Si](OCC)(C(C)(C)C(C)(C)CC)C(C)(C)C(C)(C)CC. The second-order valence-corrected chi connectivity index (χ2v) is 13.5. The smallest absolute Gasteiger partial charge is 0.350 e. The molecule has 0 saturated heterocycles. The minimum absolute atomic E-state index is 0.00326. The van der Waals surface area contributed by atoms with Gasteiger partial charge < -0.3 is 8.85 Å². The Morgan fingerprint density at radius 3 is 1.00 bits per heavy atom. The first-order chi connectivity index (χ1) is 10.2. The molecule has 0 heterocycles.